The van der Waals surface area contributed by atoms with Crippen LogP contribution in [0.5, 0.6) is 0 Å². The van der Waals surface area contributed by atoms with E-state index in [0.29, 0.717) is 6.04 Å². The number of hydrogen-bond acceptors (Lipinski definition) is 3. The summed E-state index contributed by atoms with van der Waals surface area (Å²) >= 11 is 2.01. The van der Waals surface area contributed by atoms with Gasteiger partial charge in [0.15, 0.2) is 0 Å². The number of nitrogens with one attached hydrogen (secondary N) is 1. The molecule has 104 valence electrons. The fourth-order valence-corrected chi connectivity index (χ4v) is 4.31. The Balaban J connectivity index is 1.62. The summed E-state index contributed by atoms with van der Waals surface area (Å²) in [5.74, 6) is 0. The smallest absolute Gasteiger partial charge is 0.0952 e. The molecule has 1 aromatic carbocycles. The normalized spacial score (nSPS) is 30.3. The van der Waals surface area contributed by atoms with Crippen molar-refractivity contribution in [1.29, 1.82) is 0 Å². The van der Waals surface area contributed by atoms with Gasteiger partial charge < -0.3 is 10.1 Å². The largest absolute Gasteiger partial charge is 0.372 e. The summed E-state index contributed by atoms with van der Waals surface area (Å²) in [5, 5.41) is 4.54. The van der Waals surface area contributed by atoms with Gasteiger partial charge in [0.2, 0.25) is 0 Å². The lowest BCUT2D eigenvalue weighted by atomic mass is 9.97. The minimum Gasteiger partial charge on any atom is -0.372 e. The minimum atomic E-state index is 0.244. The highest BCUT2D eigenvalue weighted by atomic mass is 32.2. The molecule has 0 bridgehead atoms. The Morgan fingerprint density at radius 2 is 2.21 bits per heavy atom. The number of ether oxygens (including phenoxy) is 1. The lowest BCUT2D eigenvalue weighted by Gasteiger charge is -2.28. The summed E-state index contributed by atoms with van der Waals surface area (Å²) in [7, 11) is 0. The zero-order valence-corrected chi connectivity index (χ0v) is 12.4. The Kier molecular flexibility index (Phi) is 4.46. The van der Waals surface area contributed by atoms with Gasteiger partial charge in [-0.05, 0) is 36.6 Å². The molecule has 2 aliphatic rings. The van der Waals surface area contributed by atoms with Crippen LogP contribution in [-0.4, -0.2) is 30.7 Å². The predicted molar refractivity (Wildman–Crippen MR) is 81.8 cm³/mol. The molecule has 0 amide bonds. The van der Waals surface area contributed by atoms with E-state index in [1.165, 1.54) is 30.4 Å². The van der Waals surface area contributed by atoms with Gasteiger partial charge in [-0.25, -0.2) is 0 Å². The van der Waals surface area contributed by atoms with Crippen molar-refractivity contribution in [3.8, 4) is 0 Å². The molecule has 1 fully saturated rings. The third-order valence-electron chi connectivity index (χ3n) is 4.41. The summed E-state index contributed by atoms with van der Waals surface area (Å²) in [4.78, 5) is 0. The van der Waals surface area contributed by atoms with E-state index in [0.717, 1.165) is 24.8 Å². The first-order chi connectivity index (χ1) is 9.38. The summed E-state index contributed by atoms with van der Waals surface area (Å²) in [6.07, 6.45) is 7.58. The molecule has 1 N–H and O–H groups in total. The molecular formula is C16H23NOS. The number of benzene rings is 1. The Morgan fingerprint density at radius 3 is 3.11 bits per heavy atom. The zero-order valence-electron chi connectivity index (χ0n) is 11.6. The first kappa shape index (κ1) is 13.5. The van der Waals surface area contributed by atoms with Crippen molar-refractivity contribution in [3.05, 3.63) is 35.4 Å². The molecule has 0 radical (unpaired) electrons. The van der Waals surface area contributed by atoms with Gasteiger partial charge in [-0.15, -0.1) is 0 Å². The molecule has 3 rings (SSSR count). The second-order valence-electron chi connectivity index (χ2n) is 5.53. The van der Waals surface area contributed by atoms with Crippen LogP contribution in [0.1, 0.15) is 36.5 Å². The van der Waals surface area contributed by atoms with Gasteiger partial charge in [-0.1, -0.05) is 30.7 Å². The summed E-state index contributed by atoms with van der Waals surface area (Å²) in [6, 6.07) is 9.40. The SMILES string of the molecule is CSC1CCCC1NCC1OCCc2ccccc21. The van der Waals surface area contributed by atoms with Crippen molar-refractivity contribution in [1.82, 2.24) is 5.32 Å². The molecule has 1 aromatic rings. The maximum absolute atomic E-state index is 5.96. The molecule has 0 aromatic heterocycles. The van der Waals surface area contributed by atoms with Crippen LogP contribution in [0.15, 0.2) is 24.3 Å². The maximum atomic E-state index is 5.96. The van der Waals surface area contributed by atoms with Crippen LogP contribution in [0.2, 0.25) is 0 Å². The van der Waals surface area contributed by atoms with Gasteiger partial charge >= 0.3 is 0 Å². The van der Waals surface area contributed by atoms with Crippen LogP contribution in [-0.2, 0) is 11.2 Å². The van der Waals surface area contributed by atoms with E-state index in [9.17, 15) is 0 Å². The lowest BCUT2D eigenvalue weighted by molar-refractivity contribution is 0.0409. The lowest BCUT2D eigenvalue weighted by Crippen LogP contribution is -2.38. The molecular weight excluding hydrogens is 254 g/mol. The van der Waals surface area contributed by atoms with Crippen molar-refractivity contribution in [2.24, 2.45) is 0 Å². The highest BCUT2D eigenvalue weighted by Crippen LogP contribution is 2.30. The molecule has 3 heteroatoms. The fraction of sp³-hybridized carbons (Fsp3) is 0.625. The Bertz CT molecular complexity index is 423. The van der Waals surface area contributed by atoms with E-state index in [1.807, 2.05) is 11.8 Å². The molecule has 1 aliphatic carbocycles. The third kappa shape index (κ3) is 2.99. The van der Waals surface area contributed by atoms with E-state index in [4.69, 9.17) is 4.74 Å². The van der Waals surface area contributed by atoms with Crippen molar-refractivity contribution in [2.75, 3.05) is 19.4 Å². The number of hydrogen-bond donors (Lipinski definition) is 1. The van der Waals surface area contributed by atoms with Gasteiger partial charge in [-0.2, -0.15) is 11.8 Å². The fourth-order valence-electron chi connectivity index (χ4n) is 3.35. The standard InChI is InChI=1S/C16H23NOS/c1-19-16-8-4-7-14(16)17-11-15-13-6-3-2-5-12(13)9-10-18-15/h2-3,5-6,14-17H,4,7-11H2,1H3. The summed E-state index contributed by atoms with van der Waals surface area (Å²) in [6.45, 7) is 1.82. The van der Waals surface area contributed by atoms with E-state index < -0.39 is 0 Å². The van der Waals surface area contributed by atoms with Gasteiger partial charge in [0.1, 0.15) is 0 Å². The molecule has 2 nitrogen and oxygen atoms in total. The summed E-state index contributed by atoms with van der Waals surface area (Å²) in [5.41, 5.74) is 2.85. The third-order valence-corrected chi connectivity index (χ3v) is 5.58. The first-order valence-corrected chi connectivity index (χ1v) is 8.63. The first-order valence-electron chi connectivity index (χ1n) is 7.34. The maximum Gasteiger partial charge on any atom is 0.0952 e. The van der Waals surface area contributed by atoms with Crippen LogP contribution in [0.4, 0.5) is 0 Å². The molecule has 19 heavy (non-hydrogen) atoms. The van der Waals surface area contributed by atoms with E-state index >= 15 is 0 Å². The summed E-state index contributed by atoms with van der Waals surface area (Å²) < 4.78 is 5.96. The molecule has 3 unspecified atom stereocenters. The molecule has 1 heterocycles. The van der Waals surface area contributed by atoms with E-state index in [2.05, 4.69) is 35.8 Å². The monoisotopic (exact) mass is 277 g/mol. The number of thioether (sulfide) groups is 1. The highest BCUT2D eigenvalue weighted by molar-refractivity contribution is 7.99. The van der Waals surface area contributed by atoms with Crippen molar-refractivity contribution < 1.29 is 4.74 Å². The van der Waals surface area contributed by atoms with Gasteiger partial charge in [0.25, 0.3) is 0 Å². The average Bonchev–Trinajstić information content (AvgIpc) is 2.92. The molecule has 0 spiro atoms. The number of rotatable bonds is 4. The molecule has 1 saturated carbocycles. The quantitative estimate of drug-likeness (QED) is 0.913. The van der Waals surface area contributed by atoms with Crippen LogP contribution >= 0.6 is 11.8 Å². The van der Waals surface area contributed by atoms with Crippen LogP contribution < -0.4 is 5.32 Å². The van der Waals surface area contributed by atoms with Crippen molar-refractivity contribution in [3.63, 3.8) is 0 Å². The van der Waals surface area contributed by atoms with Crippen molar-refractivity contribution >= 4 is 11.8 Å². The van der Waals surface area contributed by atoms with Gasteiger partial charge in [0.05, 0.1) is 12.7 Å². The minimum absolute atomic E-state index is 0.244. The molecule has 1 aliphatic heterocycles. The second-order valence-corrected chi connectivity index (χ2v) is 6.60. The Labute approximate surface area is 120 Å². The Hall–Kier alpha value is -0.510. The van der Waals surface area contributed by atoms with Gasteiger partial charge in [-0.3, -0.25) is 0 Å². The topological polar surface area (TPSA) is 21.3 Å². The zero-order chi connectivity index (χ0) is 13.1. The van der Waals surface area contributed by atoms with E-state index in [-0.39, 0.29) is 6.10 Å². The van der Waals surface area contributed by atoms with Crippen LogP contribution in [0, 0.1) is 0 Å². The average molecular weight is 277 g/mol. The predicted octanol–water partition coefficient (Wildman–Crippen LogP) is 3.17. The number of fused-ring (bicyclic) bond motifs is 1. The van der Waals surface area contributed by atoms with Crippen LogP contribution in [0.3, 0.4) is 0 Å². The highest BCUT2D eigenvalue weighted by Gasteiger charge is 2.28. The molecule has 3 atom stereocenters. The Morgan fingerprint density at radius 1 is 1.32 bits per heavy atom. The van der Waals surface area contributed by atoms with Gasteiger partial charge in [0, 0.05) is 17.8 Å². The van der Waals surface area contributed by atoms with Crippen molar-refractivity contribution in [2.45, 2.75) is 43.1 Å². The van der Waals surface area contributed by atoms with E-state index in [1.54, 1.807) is 0 Å². The van der Waals surface area contributed by atoms with Crippen LogP contribution in [0.25, 0.3) is 0 Å². The molecule has 0 saturated heterocycles. The second kappa shape index (κ2) is 6.29.